The minimum absolute atomic E-state index is 0.110. The maximum absolute atomic E-state index is 13.0. The highest BCUT2D eigenvalue weighted by molar-refractivity contribution is 6.33. The lowest BCUT2D eigenvalue weighted by atomic mass is 10.2. The van der Waals surface area contributed by atoms with Crippen LogP contribution in [0.5, 0.6) is 0 Å². The summed E-state index contributed by atoms with van der Waals surface area (Å²) in [6.07, 6.45) is -1.34. The number of nitrogens with zero attached hydrogens (tertiary/aromatic N) is 4. The second-order valence-corrected chi connectivity index (χ2v) is 6.73. The Balaban J connectivity index is 1.68. The minimum Gasteiger partial charge on any atom is -0.306 e. The number of rotatable bonds is 6. The van der Waals surface area contributed by atoms with Crippen LogP contribution in [-0.4, -0.2) is 25.5 Å². The smallest absolute Gasteiger partial charge is 0.283 e. The number of halogens is 5. The van der Waals surface area contributed by atoms with E-state index in [0.29, 0.717) is 6.54 Å². The van der Waals surface area contributed by atoms with E-state index >= 15 is 0 Å². The average molecular weight is 432 g/mol. The van der Waals surface area contributed by atoms with Gasteiger partial charge in [0.05, 0.1) is 17.3 Å². The predicted octanol–water partition coefficient (Wildman–Crippen LogP) is 4.46. The van der Waals surface area contributed by atoms with E-state index in [4.69, 9.17) is 23.2 Å². The number of alkyl halides is 2. The Morgan fingerprint density at radius 2 is 1.89 bits per heavy atom. The minimum atomic E-state index is -2.84. The number of carbonyl (C=O) groups is 1. The molecule has 11 heteroatoms. The van der Waals surface area contributed by atoms with Crippen molar-refractivity contribution in [1.82, 2.24) is 19.6 Å². The van der Waals surface area contributed by atoms with Crippen molar-refractivity contribution in [2.75, 3.05) is 5.32 Å². The Labute approximate surface area is 167 Å². The zero-order valence-corrected chi connectivity index (χ0v) is 16.0. The van der Waals surface area contributed by atoms with E-state index in [9.17, 15) is 18.0 Å². The molecule has 1 N–H and O–H groups in total. The van der Waals surface area contributed by atoms with E-state index < -0.39 is 18.0 Å². The summed E-state index contributed by atoms with van der Waals surface area (Å²) < 4.78 is 41.2. The van der Waals surface area contributed by atoms with Crippen LogP contribution in [0.1, 0.15) is 23.4 Å². The molecule has 2 heterocycles. The number of nitrogens with one attached hydrogen (secondary N) is 1. The lowest BCUT2D eigenvalue weighted by Crippen LogP contribution is -2.21. The van der Waals surface area contributed by atoms with Gasteiger partial charge in [-0.25, -0.2) is 13.2 Å². The summed E-state index contributed by atoms with van der Waals surface area (Å²) in [5, 5.41) is 10.4. The van der Waals surface area contributed by atoms with Crippen molar-refractivity contribution in [2.45, 2.75) is 26.4 Å². The first kappa shape index (κ1) is 20.2. The molecule has 1 amide bonds. The molecule has 2 aromatic heterocycles. The molecule has 0 saturated carbocycles. The molecular weight excluding hydrogens is 418 g/mol. The first-order chi connectivity index (χ1) is 13.2. The number of hydrogen-bond donors (Lipinski definition) is 1. The summed E-state index contributed by atoms with van der Waals surface area (Å²) in [5.41, 5.74) is 0.466. The Morgan fingerprint density at radius 1 is 1.21 bits per heavy atom. The van der Waals surface area contributed by atoms with E-state index in [2.05, 4.69) is 15.5 Å². The van der Waals surface area contributed by atoms with E-state index in [0.717, 1.165) is 10.2 Å². The molecule has 0 fully saturated rings. The zero-order chi connectivity index (χ0) is 20.4. The van der Waals surface area contributed by atoms with Crippen molar-refractivity contribution >= 4 is 34.9 Å². The van der Waals surface area contributed by atoms with Crippen LogP contribution in [0.3, 0.4) is 0 Å². The highest BCUT2D eigenvalue weighted by atomic mass is 35.5. The van der Waals surface area contributed by atoms with Crippen LogP contribution < -0.4 is 5.32 Å². The van der Waals surface area contributed by atoms with Crippen LogP contribution >= 0.6 is 23.2 Å². The number of carbonyl (C=O) groups excluding carboxylic acids is 1. The highest BCUT2D eigenvalue weighted by Crippen LogP contribution is 2.28. The molecule has 0 aliphatic rings. The van der Waals surface area contributed by atoms with Crippen molar-refractivity contribution in [1.29, 1.82) is 0 Å². The molecule has 0 atom stereocenters. The van der Waals surface area contributed by atoms with Gasteiger partial charge in [-0.05, 0) is 24.6 Å². The molecule has 0 aliphatic heterocycles. The van der Waals surface area contributed by atoms with Crippen molar-refractivity contribution in [3.05, 3.63) is 63.3 Å². The van der Waals surface area contributed by atoms with Gasteiger partial charge in [-0.1, -0.05) is 35.3 Å². The summed E-state index contributed by atoms with van der Waals surface area (Å²) >= 11 is 11.9. The molecule has 3 rings (SSSR count). The van der Waals surface area contributed by atoms with Gasteiger partial charge >= 0.3 is 0 Å². The van der Waals surface area contributed by atoms with Gasteiger partial charge in [0.2, 0.25) is 5.91 Å². The largest absolute Gasteiger partial charge is 0.306 e. The van der Waals surface area contributed by atoms with Crippen molar-refractivity contribution in [3.8, 4) is 0 Å². The van der Waals surface area contributed by atoms with Gasteiger partial charge in [0, 0.05) is 6.20 Å². The summed E-state index contributed by atoms with van der Waals surface area (Å²) in [5.74, 6) is -0.796. The van der Waals surface area contributed by atoms with Crippen LogP contribution in [0.25, 0.3) is 0 Å². The van der Waals surface area contributed by atoms with Crippen LogP contribution in [0.15, 0.2) is 30.5 Å². The number of benzene rings is 1. The lowest BCUT2D eigenvalue weighted by molar-refractivity contribution is -0.117. The van der Waals surface area contributed by atoms with Crippen LogP contribution in [0.4, 0.5) is 19.0 Å². The molecule has 0 bridgehead atoms. The molecule has 0 radical (unpaired) electrons. The lowest BCUT2D eigenvalue weighted by Gasteiger charge is -2.05. The van der Waals surface area contributed by atoms with Gasteiger partial charge in [-0.3, -0.25) is 14.2 Å². The fraction of sp³-hybridized carbons (Fsp3) is 0.235. The van der Waals surface area contributed by atoms with Gasteiger partial charge in [0.15, 0.2) is 5.82 Å². The molecule has 0 saturated heterocycles. The molecule has 148 valence electrons. The Kier molecular flexibility index (Phi) is 5.95. The van der Waals surface area contributed by atoms with Gasteiger partial charge in [0.1, 0.15) is 23.1 Å². The second kappa shape index (κ2) is 8.24. The topological polar surface area (TPSA) is 64.7 Å². The summed E-state index contributed by atoms with van der Waals surface area (Å²) in [7, 11) is 0. The maximum atomic E-state index is 13.0. The first-order valence-electron chi connectivity index (χ1n) is 8.02. The fourth-order valence-electron chi connectivity index (χ4n) is 2.49. The van der Waals surface area contributed by atoms with E-state index in [1.807, 2.05) is 0 Å². The van der Waals surface area contributed by atoms with E-state index in [-0.39, 0.29) is 33.9 Å². The van der Waals surface area contributed by atoms with Crippen molar-refractivity contribution in [3.63, 3.8) is 0 Å². The normalized spacial score (nSPS) is 11.2. The van der Waals surface area contributed by atoms with Crippen molar-refractivity contribution < 1.29 is 18.0 Å². The Morgan fingerprint density at radius 3 is 2.50 bits per heavy atom. The first-order valence-corrected chi connectivity index (χ1v) is 8.78. The average Bonchev–Trinajstić information content (AvgIpc) is 3.11. The second-order valence-electron chi connectivity index (χ2n) is 5.94. The fourth-order valence-corrected chi connectivity index (χ4v) is 2.90. The molecule has 1 aromatic carbocycles. The van der Waals surface area contributed by atoms with Crippen LogP contribution in [0, 0.1) is 12.7 Å². The maximum Gasteiger partial charge on any atom is 0.283 e. The third kappa shape index (κ3) is 4.48. The van der Waals surface area contributed by atoms with Gasteiger partial charge in [0.25, 0.3) is 6.43 Å². The molecule has 28 heavy (non-hydrogen) atoms. The molecule has 6 nitrogen and oxygen atoms in total. The predicted molar refractivity (Wildman–Crippen MR) is 98.3 cm³/mol. The quantitative estimate of drug-likeness (QED) is 0.626. The summed E-state index contributed by atoms with van der Waals surface area (Å²) in [4.78, 5) is 12.2. The highest BCUT2D eigenvalue weighted by Gasteiger charge is 2.22. The Bertz CT molecular complexity index is 1000. The Hall–Kier alpha value is -2.52. The monoisotopic (exact) mass is 431 g/mol. The number of anilines is 1. The standard InChI is InChI=1S/C17H14Cl2F3N5O/c1-9-14(19)15(16(21)22)24-27(9)8-13(28)23-17-12(18)7-26(25-17)6-10-2-4-11(20)5-3-10/h2-5,7,16H,6,8H2,1H3,(H,23,25,28). The zero-order valence-electron chi connectivity index (χ0n) is 14.5. The van der Waals surface area contributed by atoms with Gasteiger partial charge < -0.3 is 5.32 Å². The SMILES string of the molecule is Cc1c(Cl)c(C(F)F)nn1CC(=O)Nc1nn(Cc2ccc(F)cc2)cc1Cl. The molecular formula is C17H14Cl2F3N5O. The molecule has 0 spiro atoms. The third-order valence-corrected chi connectivity index (χ3v) is 4.63. The van der Waals surface area contributed by atoms with E-state index in [1.165, 1.54) is 29.9 Å². The third-order valence-electron chi connectivity index (χ3n) is 3.89. The van der Waals surface area contributed by atoms with Gasteiger partial charge in [-0.15, -0.1) is 0 Å². The van der Waals surface area contributed by atoms with E-state index in [1.54, 1.807) is 12.1 Å². The molecule has 0 aliphatic carbocycles. The summed E-state index contributed by atoms with van der Waals surface area (Å²) in [6, 6.07) is 5.87. The molecule has 3 aromatic rings. The van der Waals surface area contributed by atoms with Crippen LogP contribution in [0.2, 0.25) is 10.0 Å². The van der Waals surface area contributed by atoms with Crippen molar-refractivity contribution in [2.24, 2.45) is 0 Å². The number of aromatic nitrogens is 4. The van der Waals surface area contributed by atoms with Crippen LogP contribution in [-0.2, 0) is 17.9 Å². The number of amides is 1. The molecule has 0 unspecified atom stereocenters. The number of hydrogen-bond acceptors (Lipinski definition) is 3. The van der Waals surface area contributed by atoms with Gasteiger partial charge in [-0.2, -0.15) is 10.2 Å². The summed E-state index contributed by atoms with van der Waals surface area (Å²) in [6.45, 7) is 1.47.